The Kier molecular flexibility index (Phi) is 9.04. The van der Waals surface area contributed by atoms with Crippen molar-refractivity contribution in [3.05, 3.63) is 396 Å². The van der Waals surface area contributed by atoms with Gasteiger partial charge in [0, 0.05) is 34.1 Å². The SMILES string of the molecule is [2H]c1c([2H])c([2H])c(-c2c([2H])c([2H])c(N(c3c([2H])c([2H])c(-c4c([2H])c([2H])c([2H])c([2H])c4[2H])c([2H])c3[2H])c3c([2H])c([2H])c4c(c3[2H])C(C)(C)C(C)(C)c3c([2H])c([2H])c([2H])c([2H])c3-4)c([2H])c2[2H])c([2H])c1[2H].[2H]c1c([2H])c([2H])c2c(c1[2H])-c1c([2H])c([2H])c(N(c3ccc(-c4ccccc4)cc3)c3ccc(C4(c5ccccc5)c5ccccc5-c5ccccc54)cc3)c([2H])c1C(C)(C)C2(C)C. The van der Waals surface area contributed by atoms with E-state index in [-0.39, 0.29) is 75.3 Å². The number of nitrogens with zero attached hydrogens (tertiary/aromatic N) is 2. The molecule has 2 heteroatoms. The van der Waals surface area contributed by atoms with Gasteiger partial charge in [-0.1, -0.05) is 334 Å². The van der Waals surface area contributed by atoms with E-state index < -0.39 is 223 Å². The van der Waals surface area contributed by atoms with E-state index in [1.54, 1.807) is 27.7 Å². The van der Waals surface area contributed by atoms with Crippen molar-refractivity contribution in [1.29, 1.82) is 0 Å². The number of benzene rings is 14. The van der Waals surface area contributed by atoms with Gasteiger partial charge in [-0.25, -0.2) is 0 Å². The molecular formula is C97H82N2. The lowest BCUT2D eigenvalue weighted by molar-refractivity contribution is 0.299. The van der Waals surface area contributed by atoms with Gasteiger partial charge in [-0.2, -0.15) is 0 Å². The summed E-state index contributed by atoms with van der Waals surface area (Å²) in [6, 6.07) is 30.5. The Bertz CT molecular complexity index is 6990. The van der Waals surface area contributed by atoms with Crippen molar-refractivity contribution in [2.24, 2.45) is 0 Å². The number of fused-ring (bicyclic) bond motifs is 9. The van der Waals surface area contributed by atoms with Crippen LogP contribution in [-0.4, -0.2) is 0 Å². The quantitative estimate of drug-likeness (QED) is 0.127. The summed E-state index contributed by atoms with van der Waals surface area (Å²) < 4.78 is 287. The van der Waals surface area contributed by atoms with Crippen LogP contribution in [0.4, 0.5) is 34.1 Å². The van der Waals surface area contributed by atoms with Crippen LogP contribution in [0.1, 0.15) is 144 Å². The Labute approximate surface area is 630 Å². The Balaban J connectivity index is 0.000000192. The fraction of sp³-hybridized carbons (Fsp3) is 0.134. The van der Waals surface area contributed by atoms with E-state index in [2.05, 4.69) is 109 Å². The molecule has 480 valence electrons. The van der Waals surface area contributed by atoms with Crippen molar-refractivity contribution in [2.45, 2.75) is 82.5 Å². The zero-order valence-corrected chi connectivity index (χ0v) is 55.4. The molecule has 0 saturated heterocycles. The first-order valence-electron chi connectivity index (χ1n) is 48.5. The van der Waals surface area contributed by atoms with Crippen LogP contribution in [0.3, 0.4) is 0 Å². The summed E-state index contributed by atoms with van der Waals surface area (Å²) in [6.07, 6.45) is 0. The molecule has 17 rings (SSSR count). The number of anilines is 6. The van der Waals surface area contributed by atoms with Crippen LogP contribution in [-0.2, 0) is 27.1 Å². The average molecular weight is 1310 g/mol. The second kappa shape index (κ2) is 24.6. The molecule has 0 spiro atoms. The third kappa shape index (κ3) is 10.4. The van der Waals surface area contributed by atoms with Crippen LogP contribution in [0.15, 0.2) is 351 Å². The van der Waals surface area contributed by atoms with Gasteiger partial charge in [0.05, 0.1) is 49.3 Å². The van der Waals surface area contributed by atoms with Crippen LogP contribution in [0, 0.1) is 0 Å². The highest BCUT2D eigenvalue weighted by atomic mass is 15.1. The number of hydrogen-bond acceptors (Lipinski definition) is 2. The second-order valence-electron chi connectivity index (χ2n) is 26.7. The van der Waals surface area contributed by atoms with E-state index in [4.69, 9.17) is 24.7 Å². The summed E-state index contributed by atoms with van der Waals surface area (Å²) >= 11 is 0. The minimum atomic E-state index is -1.44. The number of hydrogen-bond donors (Lipinski definition) is 0. The maximum absolute atomic E-state index is 10.2. The fourth-order valence-electron chi connectivity index (χ4n) is 14.1. The van der Waals surface area contributed by atoms with Gasteiger partial charge in [-0.3, -0.25) is 0 Å². The summed E-state index contributed by atoms with van der Waals surface area (Å²) in [4.78, 5) is 2.44. The monoisotopic (exact) mass is 1310 g/mol. The van der Waals surface area contributed by atoms with Crippen molar-refractivity contribution in [2.75, 3.05) is 9.80 Å². The maximum Gasteiger partial charge on any atom is 0.0713 e. The highest BCUT2D eigenvalue weighted by molar-refractivity contribution is 5.89. The largest absolute Gasteiger partial charge is 0.310 e. The Morgan fingerprint density at radius 1 is 0.212 bits per heavy atom. The summed E-state index contributed by atoms with van der Waals surface area (Å²) in [5.41, 5.74) is 0.322. The van der Waals surface area contributed by atoms with Crippen LogP contribution in [0.25, 0.3) is 66.8 Å². The van der Waals surface area contributed by atoms with Crippen LogP contribution in [0.5, 0.6) is 0 Å². The minimum absolute atomic E-state index is 0.0396. The summed E-state index contributed by atoms with van der Waals surface area (Å²) in [5, 5.41) is 0. The summed E-state index contributed by atoms with van der Waals surface area (Å²) in [5.74, 6) is 0. The van der Waals surface area contributed by atoms with Gasteiger partial charge in [0.25, 0.3) is 0 Å². The predicted molar refractivity (Wildman–Crippen MR) is 419 cm³/mol. The molecule has 14 aromatic carbocycles. The summed E-state index contributed by atoms with van der Waals surface area (Å²) in [6.45, 7) is 14.3. The molecule has 0 unspecified atom stereocenters. The molecule has 0 radical (unpaired) electrons. The van der Waals surface area contributed by atoms with Crippen molar-refractivity contribution in [3.63, 3.8) is 0 Å². The molecule has 0 fully saturated rings. The van der Waals surface area contributed by atoms with E-state index in [1.165, 1.54) is 22.3 Å². The van der Waals surface area contributed by atoms with Crippen LogP contribution >= 0.6 is 0 Å². The van der Waals surface area contributed by atoms with Crippen LogP contribution in [0.2, 0.25) is 0 Å². The van der Waals surface area contributed by atoms with E-state index in [0.717, 1.165) is 22.3 Å². The molecule has 0 bridgehead atoms. The third-order valence-corrected chi connectivity index (χ3v) is 20.7. The van der Waals surface area contributed by atoms with E-state index in [1.807, 2.05) is 81.1 Å². The average Bonchev–Trinajstić information content (AvgIpc) is 1.51. The third-order valence-electron chi connectivity index (χ3n) is 20.7. The standard InChI is InChI=1S/C55H45N.C42H37N/c1-53(2)49-24-14-11-21-45(49)48-36-35-44(37-52(48)54(53,3)4)56(42-31-27-39(28-32-42)38-17-7-5-8-18-38)43-33-29-41(30-34-43)55(40-19-9-6-10-20-40)50-25-15-12-22-46(50)47-23-13-16-26-51(47)55;1-41(2)39-18-12-11-17-37(39)38-28-27-36(29-40(38)42(41,3)4)43(34-23-19-32(20-24-34)30-13-7-5-8-14-30)35-25-21-33(22-26-35)31-15-9-6-10-16-31/h5-37H,1-4H3;5-29H,1-4H3/i11D,14D,21D,24D,35D,36D,37D;5D,6D,7D,8D,9D,10D,11D,12D,13D,14D,15D,16D,17D,18D,19D,20D,21D,22D,23D,24D,25D,26D,27D,28D,29D. The zero-order chi connectivity index (χ0) is 95.5. The highest BCUT2D eigenvalue weighted by Crippen LogP contribution is 2.59. The molecule has 14 aromatic rings. The maximum atomic E-state index is 10.2. The lowest BCUT2D eigenvalue weighted by atomic mass is 9.55. The van der Waals surface area contributed by atoms with Gasteiger partial charge in [0.15, 0.2) is 0 Å². The molecule has 0 aromatic heterocycles. The molecule has 0 heterocycles. The lowest BCUT2D eigenvalue weighted by Crippen LogP contribution is -2.43. The molecule has 99 heavy (non-hydrogen) atoms. The smallest absolute Gasteiger partial charge is 0.0713 e. The normalized spacial score (nSPS) is 19.4. The molecule has 2 nitrogen and oxygen atoms in total. The molecule has 0 amide bonds. The molecular weight excluding hydrogens is 1190 g/mol. The second-order valence-corrected chi connectivity index (χ2v) is 26.7. The van der Waals surface area contributed by atoms with Gasteiger partial charge in [-0.05, 0) is 206 Å². The molecule has 0 aliphatic heterocycles. The number of rotatable bonds is 11. The van der Waals surface area contributed by atoms with Gasteiger partial charge < -0.3 is 9.80 Å². The molecule has 0 atom stereocenters. The molecule has 0 N–H and O–H groups in total. The van der Waals surface area contributed by atoms with E-state index in [9.17, 15) is 19.2 Å². The van der Waals surface area contributed by atoms with Crippen molar-refractivity contribution in [3.8, 4) is 66.8 Å². The van der Waals surface area contributed by atoms with Crippen molar-refractivity contribution >= 4 is 34.1 Å². The Hall–Kier alpha value is -11.3. The Morgan fingerprint density at radius 3 is 0.990 bits per heavy atom. The molecule has 3 aliphatic carbocycles. The zero-order valence-electron chi connectivity index (χ0n) is 87.4. The topological polar surface area (TPSA) is 6.48 Å². The van der Waals surface area contributed by atoms with E-state index >= 15 is 0 Å². The van der Waals surface area contributed by atoms with Crippen molar-refractivity contribution < 1.29 is 43.9 Å². The first kappa shape index (κ1) is 36.3. The first-order chi connectivity index (χ1) is 61.5. The Morgan fingerprint density at radius 2 is 0.535 bits per heavy atom. The van der Waals surface area contributed by atoms with Gasteiger partial charge in [0.2, 0.25) is 0 Å². The van der Waals surface area contributed by atoms with Crippen LogP contribution < -0.4 is 9.80 Å². The molecule has 0 saturated carbocycles. The first-order valence-corrected chi connectivity index (χ1v) is 32.5. The van der Waals surface area contributed by atoms with Gasteiger partial charge >= 0.3 is 0 Å². The predicted octanol–water partition coefficient (Wildman–Crippen LogP) is 26.1. The lowest BCUT2D eigenvalue weighted by Gasteiger charge is -2.48. The minimum Gasteiger partial charge on any atom is -0.310 e. The van der Waals surface area contributed by atoms with Crippen molar-refractivity contribution in [1.82, 2.24) is 0 Å². The van der Waals surface area contributed by atoms with Gasteiger partial charge in [0.1, 0.15) is 0 Å². The molecule has 3 aliphatic rings. The van der Waals surface area contributed by atoms with Gasteiger partial charge in [-0.15, -0.1) is 0 Å². The van der Waals surface area contributed by atoms with E-state index in [0.29, 0.717) is 27.4 Å². The fourth-order valence-corrected chi connectivity index (χ4v) is 14.1. The summed E-state index contributed by atoms with van der Waals surface area (Å²) in [7, 11) is 0. The highest BCUT2D eigenvalue weighted by Gasteiger charge is 2.49.